The molecule has 14 heavy (non-hydrogen) atoms. The third kappa shape index (κ3) is 2.26. The number of pyridine rings is 1. The Kier molecular flexibility index (Phi) is 3.53. The van der Waals surface area contributed by atoms with E-state index in [4.69, 9.17) is 5.73 Å². The molecule has 0 atom stereocenters. The van der Waals surface area contributed by atoms with Crippen LogP contribution in [0.4, 0.5) is 4.39 Å². The highest BCUT2D eigenvalue weighted by Gasteiger charge is 2.14. The van der Waals surface area contributed by atoms with Crippen molar-refractivity contribution >= 4 is 5.91 Å². The summed E-state index contributed by atoms with van der Waals surface area (Å²) in [5.41, 5.74) is 5.31. The minimum atomic E-state index is -0.610. The lowest BCUT2D eigenvalue weighted by molar-refractivity contribution is 0.0794. The number of amides is 1. The maximum absolute atomic E-state index is 13.1. The average Bonchev–Trinajstić information content (AvgIpc) is 2.18. The van der Waals surface area contributed by atoms with Crippen molar-refractivity contribution in [3.05, 3.63) is 29.8 Å². The van der Waals surface area contributed by atoms with Crippen molar-refractivity contribution in [3.8, 4) is 0 Å². The van der Waals surface area contributed by atoms with Crippen LogP contribution in [0.3, 0.4) is 0 Å². The lowest BCUT2D eigenvalue weighted by Crippen LogP contribution is -2.32. The van der Waals surface area contributed by atoms with Gasteiger partial charge < -0.3 is 10.6 Å². The van der Waals surface area contributed by atoms with Gasteiger partial charge in [-0.05, 0) is 6.07 Å². The first-order valence-corrected chi connectivity index (χ1v) is 4.22. The Morgan fingerprint density at radius 1 is 1.71 bits per heavy atom. The van der Waals surface area contributed by atoms with E-state index in [-0.39, 0.29) is 11.5 Å². The van der Waals surface area contributed by atoms with Crippen molar-refractivity contribution in [2.24, 2.45) is 5.73 Å². The van der Waals surface area contributed by atoms with Gasteiger partial charge in [-0.3, -0.25) is 9.78 Å². The van der Waals surface area contributed by atoms with Gasteiger partial charge in [-0.25, -0.2) is 4.39 Å². The Hall–Kier alpha value is -1.49. The first kappa shape index (κ1) is 10.6. The van der Waals surface area contributed by atoms with Crippen LogP contribution in [0.1, 0.15) is 10.4 Å². The summed E-state index contributed by atoms with van der Waals surface area (Å²) < 4.78 is 13.1. The van der Waals surface area contributed by atoms with E-state index in [1.54, 1.807) is 7.05 Å². The van der Waals surface area contributed by atoms with Crippen LogP contribution in [-0.4, -0.2) is 35.9 Å². The smallest absolute Gasteiger partial charge is 0.256 e. The summed E-state index contributed by atoms with van der Waals surface area (Å²) in [6.07, 6.45) is 2.40. The molecule has 0 aliphatic rings. The van der Waals surface area contributed by atoms with E-state index in [0.29, 0.717) is 13.1 Å². The zero-order chi connectivity index (χ0) is 10.6. The zero-order valence-electron chi connectivity index (χ0n) is 7.90. The molecule has 0 radical (unpaired) electrons. The molecule has 1 rings (SSSR count). The number of carbonyl (C=O) groups is 1. The summed E-state index contributed by atoms with van der Waals surface area (Å²) >= 11 is 0. The van der Waals surface area contributed by atoms with E-state index < -0.39 is 5.82 Å². The fourth-order valence-corrected chi connectivity index (χ4v) is 1.05. The molecule has 76 valence electrons. The first-order chi connectivity index (χ1) is 6.66. The number of hydrogen-bond acceptors (Lipinski definition) is 3. The summed E-state index contributed by atoms with van der Waals surface area (Å²) in [6, 6.07) is 1.35. The Morgan fingerprint density at radius 3 is 3.00 bits per heavy atom. The molecule has 0 unspecified atom stereocenters. The van der Waals surface area contributed by atoms with Gasteiger partial charge in [-0.1, -0.05) is 0 Å². The second kappa shape index (κ2) is 4.66. The number of hydrogen-bond donors (Lipinski definition) is 1. The third-order valence-corrected chi connectivity index (χ3v) is 1.81. The number of nitrogens with two attached hydrogens (primary N) is 1. The summed E-state index contributed by atoms with van der Waals surface area (Å²) in [7, 11) is 1.58. The van der Waals surface area contributed by atoms with Crippen molar-refractivity contribution in [1.29, 1.82) is 0 Å². The minimum Gasteiger partial charge on any atom is -0.340 e. The van der Waals surface area contributed by atoms with E-state index in [1.165, 1.54) is 17.2 Å². The molecule has 2 N–H and O–H groups in total. The Morgan fingerprint density at radius 2 is 2.43 bits per heavy atom. The van der Waals surface area contributed by atoms with Crippen LogP contribution in [0.2, 0.25) is 0 Å². The highest BCUT2D eigenvalue weighted by atomic mass is 19.1. The summed E-state index contributed by atoms with van der Waals surface area (Å²) in [4.78, 5) is 16.5. The molecule has 0 aromatic carbocycles. The summed E-state index contributed by atoms with van der Waals surface area (Å²) in [5, 5.41) is 0. The average molecular weight is 197 g/mol. The van der Waals surface area contributed by atoms with Gasteiger partial charge in [0.15, 0.2) is 5.82 Å². The number of nitrogens with zero attached hydrogens (tertiary/aromatic N) is 2. The molecule has 1 aromatic rings. The number of halogens is 1. The number of likely N-dealkylation sites (N-methyl/N-ethyl adjacent to an activating group) is 1. The van der Waals surface area contributed by atoms with E-state index in [1.807, 2.05) is 0 Å². The molecule has 0 aliphatic heterocycles. The van der Waals surface area contributed by atoms with Crippen LogP contribution < -0.4 is 5.73 Å². The molecule has 0 fully saturated rings. The van der Waals surface area contributed by atoms with Crippen molar-refractivity contribution in [2.45, 2.75) is 0 Å². The lowest BCUT2D eigenvalue weighted by atomic mass is 10.2. The van der Waals surface area contributed by atoms with Crippen LogP contribution >= 0.6 is 0 Å². The molecule has 5 heteroatoms. The number of rotatable bonds is 3. The second-order valence-corrected chi connectivity index (χ2v) is 2.87. The third-order valence-electron chi connectivity index (χ3n) is 1.81. The lowest BCUT2D eigenvalue weighted by Gasteiger charge is -2.15. The number of aromatic nitrogens is 1. The monoisotopic (exact) mass is 197 g/mol. The molecule has 1 amide bonds. The summed E-state index contributed by atoms with van der Waals surface area (Å²) in [5.74, 6) is -0.989. The van der Waals surface area contributed by atoms with Gasteiger partial charge in [0.05, 0.1) is 11.8 Å². The molecule has 0 bridgehead atoms. The quantitative estimate of drug-likeness (QED) is 0.755. The van der Waals surface area contributed by atoms with E-state index in [9.17, 15) is 9.18 Å². The normalized spacial score (nSPS) is 9.93. The van der Waals surface area contributed by atoms with E-state index in [2.05, 4.69) is 4.98 Å². The van der Waals surface area contributed by atoms with Crippen LogP contribution in [0, 0.1) is 5.82 Å². The highest BCUT2D eigenvalue weighted by Crippen LogP contribution is 2.06. The predicted octanol–water partition coefficient (Wildman–Crippen LogP) is 0.251. The molecular formula is C9H12FN3O. The molecule has 0 aliphatic carbocycles. The highest BCUT2D eigenvalue weighted by molar-refractivity contribution is 5.94. The van der Waals surface area contributed by atoms with Crippen LogP contribution in [0.15, 0.2) is 18.5 Å². The van der Waals surface area contributed by atoms with Gasteiger partial charge in [0, 0.05) is 26.3 Å². The zero-order valence-corrected chi connectivity index (χ0v) is 7.90. The molecule has 0 spiro atoms. The van der Waals surface area contributed by atoms with Crippen molar-refractivity contribution in [2.75, 3.05) is 20.1 Å². The Balaban J connectivity index is 2.84. The van der Waals surface area contributed by atoms with E-state index >= 15 is 0 Å². The number of carbonyl (C=O) groups excluding carboxylic acids is 1. The van der Waals surface area contributed by atoms with Crippen molar-refractivity contribution < 1.29 is 9.18 Å². The fraction of sp³-hybridized carbons (Fsp3) is 0.333. The second-order valence-electron chi connectivity index (χ2n) is 2.87. The van der Waals surface area contributed by atoms with E-state index in [0.717, 1.165) is 6.20 Å². The first-order valence-electron chi connectivity index (χ1n) is 4.22. The van der Waals surface area contributed by atoms with Gasteiger partial charge >= 0.3 is 0 Å². The van der Waals surface area contributed by atoms with Crippen LogP contribution in [0.5, 0.6) is 0 Å². The van der Waals surface area contributed by atoms with Crippen LogP contribution in [-0.2, 0) is 0 Å². The van der Waals surface area contributed by atoms with Gasteiger partial charge in [0.25, 0.3) is 5.91 Å². The fourth-order valence-electron chi connectivity index (χ4n) is 1.05. The molecule has 1 aromatic heterocycles. The summed E-state index contributed by atoms with van der Waals surface area (Å²) in [6.45, 7) is 0.759. The Bertz CT molecular complexity index is 330. The standard InChI is InChI=1S/C9H12FN3O/c1-13(5-3-11)9(14)7-2-4-12-6-8(7)10/h2,4,6H,3,5,11H2,1H3. The molecule has 1 heterocycles. The van der Waals surface area contributed by atoms with Crippen molar-refractivity contribution in [1.82, 2.24) is 9.88 Å². The van der Waals surface area contributed by atoms with Crippen molar-refractivity contribution in [3.63, 3.8) is 0 Å². The van der Waals surface area contributed by atoms with Gasteiger partial charge in [-0.15, -0.1) is 0 Å². The molecule has 4 nitrogen and oxygen atoms in total. The Labute approximate surface area is 81.5 Å². The minimum absolute atomic E-state index is 0.0240. The predicted molar refractivity (Wildman–Crippen MR) is 50.2 cm³/mol. The van der Waals surface area contributed by atoms with Gasteiger partial charge in [0.2, 0.25) is 0 Å². The maximum atomic E-state index is 13.1. The maximum Gasteiger partial charge on any atom is 0.256 e. The van der Waals surface area contributed by atoms with Gasteiger partial charge in [0.1, 0.15) is 0 Å². The van der Waals surface area contributed by atoms with Crippen LogP contribution in [0.25, 0.3) is 0 Å². The molecular weight excluding hydrogens is 185 g/mol. The largest absolute Gasteiger partial charge is 0.340 e. The molecule has 0 saturated heterocycles. The molecule has 0 saturated carbocycles. The SMILES string of the molecule is CN(CCN)C(=O)c1ccncc1F. The van der Waals surface area contributed by atoms with Gasteiger partial charge in [-0.2, -0.15) is 0 Å². The topological polar surface area (TPSA) is 59.2 Å².